The second kappa shape index (κ2) is 4.15. The molecule has 0 aliphatic heterocycles. The van der Waals surface area contributed by atoms with E-state index in [1.807, 2.05) is 6.92 Å². The lowest BCUT2D eigenvalue weighted by molar-refractivity contribution is 0.489. The van der Waals surface area contributed by atoms with Crippen LogP contribution < -0.4 is 5.73 Å². The summed E-state index contributed by atoms with van der Waals surface area (Å²) in [6.07, 6.45) is 0.886. The third kappa shape index (κ3) is 2.07. The molecular formula is C14H19FN2. The third-order valence-electron chi connectivity index (χ3n) is 3.39. The summed E-state index contributed by atoms with van der Waals surface area (Å²) in [7, 11) is 0. The molecule has 0 aliphatic carbocycles. The fourth-order valence-electron chi connectivity index (χ4n) is 2.66. The molecule has 0 spiro atoms. The van der Waals surface area contributed by atoms with Gasteiger partial charge < -0.3 is 10.7 Å². The Morgan fingerprint density at radius 1 is 1.35 bits per heavy atom. The summed E-state index contributed by atoms with van der Waals surface area (Å²) >= 11 is 0. The van der Waals surface area contributed by atoms with Crippen molar-refractivity contribution >= 4 is 10.9 Å². The Morgan fingerprint density at radius 2 is 2.06 bits per heavy atom. The molecule has 0 radical (unpaired) electrons. The van der Waals surface area contributed by atoms with Crippen molar-refractivity contribution in [1.29, 1.82) is 0 Å². The van der Waals surface area contributed by atoms with Crippen LogP contribution in [-0.4, -0.2) is 11.5 Å². The maximum atomic E-state index is 13.4. The van der Waals surface area contributed by atoms with Crippen molar-refractivity contribution in [3.63, 3.8) is 0 Å². The van der Waals surface area contributed by atoms with E-state index in [4.69, 9.17) is 5.73 Å². The monoisotopic (exact) mass is 234 g/mol. The number of halogens is 1. The summed E-state index contributed by atoms with van der Waals surface area (Å²) in [5.74, 6) is -0.193. The molecule has 0 saturated heterocycles. The van der Waals surface area contributed by atoms with Gasteiger partial charge in [0.1, 0.15) is 5.82 Å². The van der Waals surface area contributed by atoms with Gasteiger partial charge in [-0.1, -0.05) is 13.8 Å². The molecule has 2 rings (SSSR count). The standard InChI is InChI=1S/C14H19FN2/c1-9-13(14(2,3)6-7-16)11-8-10(15)4-5-12(11)17-9/h4-5,8,17H,6-7,16H2,1-3H3. The van der Waals surface area contributed by atoms with E-state index in [1.54, 1.807) is 12.1 Å². The molecule has 0 atom stereocenters. The van der Waals surface area contributed by atoms with Crippen LogP contribution in [0.3, 0.4) is 0 Å². The first-order chi connectivity index (χ1) is 7.95. The first-order valence-electron chi connectivity index (χ1n) is 5.94. The van der Waals surface area contributed by atoms with Gasteiger partial charge in [0.25, 0.3) is 0 Å². The molecule has 1 heterocycles. The van der Waals surface area contributed by atoms with Crippen LogP contribution in [0.5, 0.6) is 0 Å². The van der Waals surface area contributed by atoms with E-state index in [9.17, 15) is 4.39 Å². The highest BCUT2D eigenvalue weighted by atomic mass is 19.1. The summed E-state index contributed by atoms with van der Waals surface area (Å²) < 4.78 is 13.4. The van der Waals surface area contributed by atoms with Crippen LogP contribution >= 0.6 is 0 Å². The number of aromatic nitrogens is 1. The van der Waals surface area contributed by atoms with Crippen molar-refractivity contribution in [1.82, 2.24) is 4.98 Å². The molecule has 0 amide bonds. The predicted octanol–water partition coefficient (Wildman–Crippen LogP) is 3.24. The molecule has 3 N–H and O–H groups in total. The average Bonchev–Trinajstić information content (AvgIpc) is 2.53. The van der Waals surface area contributed by atoms with Gasteiger partial charge in [-0.05, 0) is 49.1 Å². The first kappa shape index (κ1) is 12.1. The number of aryl methyl sites for hydroxylation is 1. The molecule has 92 valence electrons. The zero-order chi connectivity index (χ0) is 12.6. The van der Waals surface area contributed by atoms with Gasteiger partial charge in [0.15, 0.2) is 0 Å². The van der Waals surface area contributed by atoms with Crippen molar-refractivity contribution in [2.75, 3.05) is 6.54 Å². The minimum Gasteiger partial charge on any atom is -0.358 e. The van der Waals surface area contributed by atoms with Crippen LogP contribution in [0, 0.1) is 12.7 Å². The van der Waals surface area contributed by atoms with Crippen LogP contribution in [0.25, 0.3) is 10.9 Å². The number of aromatic amines is 1. The summed E-state index contributed by atoms with van der Waals surface area (Å²) in [6.45, 7) is 6.97. The molecular weight excluding hydrogens is 215 g/mol. The SMILES string of the molecule is Cc1[nH]c2ccc(F)cc2c1C(C)(C)CCN. The molecule has 0 fully saturated rings. The van der Waals surface area contributed by atoms with Gasteiger partial charge in [0.05, 0.1) is 0 Å². The number of fused-ring (bicyclic) bond motifs is 1. The van der Waals surface area contributed by atoms with Gasteiger partial charge in [-0.2, -0.15) is 0 Å². The Balaban J connectivity index is 2.67. The van der Waals surface area contributed by atoms with E-state index in [0.29, 0.717) is 6.54 Å². The van der Waals surface area contributed by atoms with Crippen LogP contribution in [-0.2, 0) is 5.41 Å². The molecule has 1 aromatic heterocycles. The highest BCUT2D eigenvalue weighted by molar-refractivity contribution is 5.85. The normalized spacial score (nSPS) is 12.3. The maximum Gasteiger partial charge on any atom is 0.123 e. The second-order valence-electron chi connectivity index (χ2n) is 5.24. The number of H-pyrrole nitrogens is 1. The summed E-state index contributed by atoms with van der Waals surface area (Å²) in [5, 5.41) is 0.973. The van der Waals surface area contributed by atoms with Crippen molar-refractivity contribution in [3.8, 4) is 0 Å². The highest BCUT2D eigenvalue weighted by Gasteiger charge is 2.25. The Bertz CT molecular complexity index is 540. The van der Waals surface area contributed by atoms with Crippen LogP contribution in [0.1, 0.15) is 31.5 Å². The number of nitrogens with one attached hydrogen (secondary N) is 1. The summed E-state index contributed by atoms with van der Waals surface area (Å²) in [5.41, 5.74) is 8.89. The van der Waals surface area contributed by atoms with Crippen molar-refractivity contribution in [2.45, 2.75) is 32.6 Å². The van der Waals surface area contributed by atoms with E-state index in [1.165, 1.54) is 11.6 Å². The van der Waals surface area contributed by atoms with Gasteiger partial charge >= 0.3 is 0 Å². The minimum absolute atomic E-state index is 0.0368. The van der Waals surface area contributed by atoms with Crippen LogP contribution in [0.4, 0.5) is 4.39 Å². The molecule has 0 bridgehead atoms. The number of nitrogens with two attached hydrogens (primary N) is 1. The van der Waals surface area contributed by atoms with Crippen molar-refractivity contribution in [2.24, 2.45) is 5.73 Å². The van der Waals surface area contributed by atoms with Gasteiger partial charge in [0, 0.05) is 16.6 Å². The number of rotatable bonds is 3. The van der Waals surface area contributed by atoms with Gasteiger partial charge in [-0.3, -0.25) is 0 Å². The van der Waals surface area contributed by atoms with Gasteiger partial charge in [0.2, 0.25) is 0 Å². The van der Waals surface area contributed by atoms with E-state index < -0.39 is 0 Å². The Labute approximate surface area is 101 Å². The predicted molar refractivity (Wildman–Crippen MR) is 69.7 cm³/mol. The Kier molecular flexibility index (Phi) is 2.96. The first-order valence-corrected chi connectivity index (χ1v) is 5.94. The van der Waals surface area contributed by atoms with E-state index in [0.717, 1.165) is 23.0 Å². The Morgan fingerprint density at radius 3 is 2.71 bits per heavy atom. The van der Waals surface area contributed by atoms with E-state index >= 15 is 0 Å². The smallest absolute Gasteiger partial charge is 0.123 e. The zero-order valence-electron chi connectivity index (χ0n) is 10.6. The van der Waals surface area contributed by atoms with Gasteiger partial charge in [-0.25, -0.2) is 4.39 Å². The Hall–Kier alpha value is -1.35. The lowest BCUT2D eigenvalue weighted by Crippen LogP contribution is -2.22. The average molecular weight is 234 g/mol. The van der Waals surface area contributed by atoms with Crippen molar-refractivity contribution in [3.05, 3.63) is 35.3 Å². The van der Waals surface area contributed by atoms with Gasteiger partial charge in [-0.15, -0.1) is 0 Å². The lowest BCUT2D eigenvalue weighted by Gasteiger charge is -2.25. The molecule has 2 nitrogen and oxygen atoms in total. The topological polar surface area (TPSA) is 41.8 Å². The summed E-state index contributed by atoms with van der Waals surface area (Å²) in [6, 6.07) is 4.88. The third-order valence-corrected chi connectivity index (χ3v) is 3.39. The number of hydrogen-bond acceptors (Lipinski definition) is 1. The fraction of sp³-hybridized carbons (Fsp3) is 0.429. The highest BCUT2D eigenvalue weighted by Crippen LogP contribution is 2.35. The van der Waals surface area contributed by atoms with E-state index in [2.05, 4.69) is 18.8 Å². The molecule has 0 unspecified atom stereocenters. The molecule has 1 aromatic carbocycles. The molecule has 0 aliphatic rings. The number of benzene rings is 1. The lowest BCUT2D eigenvalue weighted by atomic mass is 9.80. The quantitative estimate of drug-likeness (QED) is 0.841. The molecule has 2 aromatic rings. The van der Waals surface area contributed by atoms with E-state index in [-0.39, 0.29) is 11.2 Å². The fourth-order valence-corrected chi connectivity index (χ4v) is 2.66. The minimum atomic E-state index is -0.193. The molecule has 17 heavy (non-hydrogen) atoms. The zero-order valence-corrected chi connectivity index (χ0v) is 10.6. The van der Waals surface area contributed by atoms with Crippen LogP contribution in [0.15, 0.2) is 18.2 Å². The second-order valence-corrected chi connectivity index (χ2v) is 5.24. The number of hydrogen-bond donors (Lipinski definition) is 2. The molecule has 0 saturated carbocycles. The molecule has 3 heteroatoms. The largest absolute Gasteiger partial charge is 0.358 e. The summed E-state index contributed by atoms with van der Waals surface area (Å²) in [4.78, 5) is 3.31. The van der Waals surface area contributed by atoms with Crippen molar-refractivity contribution < 1.29 is 4.39 Å². The van der Waals surface area contributed by atoms with Crippen LogP contribution in [0.2, 0.25) is 0 Å². The maximum absolute atomic E-state index is 13.4.